The van der Waals surface area contributed by atoms with Crippen LogP contribution in [0.3, 0.4) is 0 Å². The Morgan fingerprint density at radius 1 is 1.00 bits per heavy atom. The lowest BCUT2D eigenvalue weighted by atomic mass is 10.1. The van der Waals surface area contributed by atoms with Gasteiger partial charge in [-0.15, -0.1) is 0 Å². The minimum absolute atomic E-state index is 0.0579. The molecular weight excluding hydrogens is 454 g/mol. The first-order valence-corrected chi connectivity index (χ1v) is 11.7. The second-order valence-corrected chi connectivity index (χ2v) is 8.44. The van der Waals surface area contributed by atoms with Crippen LogP contribution in [0.15, 0.2) is 48.5 Å². The number of carbonyl (C=O) groups excluding carboxylic acids is 1. The third-order valence-electron chi connectivity index (χ3n) is 5.48. The molecule has 1 aliphatic rings. The summed E-state index contributed by atoms with van der Waals surface area (Å²) in [5, 5.41) is 22.2. The Labute approximate surface area is 203 Å². The first-order valence-electron chi connectivity index (χ1n) is 11.3. The second-order valence-electron chi connectivity index (χ2n) is 8.03. The van der Waals surface area contributed by atoms with E-state index in [4.69, 9.17) is 16.7 Å². The molecule has 3 aromatic rings. The van der Waals surface area contributed by atoms with E-state index in [9.17, 15) is 4.79 Å². The van der Waals surface area contributed by atoms with Crippen molar-refractivity contribution in [1.29, 1.82) is 0 Å². The molecule has 178 valence electrons. The van der Waals surface area contributed by atoms with E-state index in [0.29, 0.717) is 48.8 Å². The van der Waals surface area contributed by atoms with Crippen molar-refractivity contribution in [3.05, 3.63) is 64.7 Å². The van der Waals surface area contributed by atoms with Crippen molar-refractivity contribution in [3.63, 3.8) is 0 Å². The Morgan fingerprint density at radius 3 is 2.56 bits per heavy atom. The fraction of sp³-hybridized carbons (Fsp3) is 0.333. The number of nitrogens with one attached hydrogen (secondary N) is 4. The van der Waals surface area contributed by atoms with Gasteiger partial charge in [-0.25, -0.2) is 0 Å². The van der Waals surface area contributed by atoms with E-state index in [0.717, 1.165) is 29.7 Å². The highest BCUT2D eigenvalue weighted by molar-refractivity contribution is 6.31. The zero-order valence-electron chi connectivity index (χ0n) is 18.7. The van der Waals surface area contributed by atoms with Crippen molar-refractivity contribution in [2.24, 2.45) is 0 Å². The van der Waals surface area contributed by atoms with Gasteiger partial charge in [0, 0.05) is 30.4 Å². The zero-order chi connectivity index (χ0) is 23.8. The highest BCUT2D eigenvalue weighted by Gasteiger charge is 2.22. The monoisotopic (exact) mass is 481 g/mol. The van der Waals surface area contributed by atoms with Crippen molar-refractivity contribution in [3.8, 4) is 0 Å². The largest absolute Gasteiger partial charge is 0.396 e. The molecule has 9 nitrogen and oxygen atoms in total. The van der Waals surface area contributed by atoms with Crippen LogP contribution in [0.1, 0.15) is 30.4 Å². The predicted molar refractivity (Wildman–Crippen MR) is 133 cm³/mol. The molecule has 0 saturated carbocycles. The van der Waals surface area contributed by atoms with E-state index in [1.807, 2.05) is 48.5 Å². The fourth-order valence-corrected chi connectivity index (χ4v) is 3.84. The van der Waals surface area contributed by atoms with Gasteiger partial charge in [-0.3, -0.25) is 4.79 Å². The van der Waals surface area contributed by atoms with Gasteiger partial charge in [-0.2, -0.15) is 15.0 Å². The summed E-state index contributed by atoms with van der Waals surface area (Å²) < 4.78 is 0. The highest BCUT2D eigenvalue weighted by atomic mass is 35.5. The van der Waals surface area contributed by atoms with Crippen LogP contribution in [0.25, 0.3) is 0 Å². The molecule has 1 fully saturated rings. The van der Waals surface area contributed by atoms with Crippen LogP contribution in [0.2, 0.25) is 5.02 Å². The molecule has 0 spiro atoms. The van der Waals surface area contributed by atoms with Gasteiger partial charge in [0.2, 0.25) is 23.8 Å². The van der Waals surface area contributed by atoms with Crippen LogP contribution in [-0.2, 0) is 17.8 Å². The molecule has 10 heteroatoms. The number of anilines is 4. The molecule has 2 aromatic carbocycles. The number of aromatic nitrogens is 3. The summed E-state index contributed by atoms with van der Waals surface area (Å²) in [7, 11) is 0. The minimum atomic E-state index is -0.410. The molecule has 1 saturated heterocycles. The predicted octanol–water partition coefficient (Wildman–Crippen LogP) is 3.50. The lowest BCUT2D eigenvalue weighted by molar-refractivity contribution is -0.121. The van der Waals surface area contributed by atoms with Gasteiger partial charge in [-0.05, 0) is 55.0 Å². The summed E-state index contributed by atoms with van der Waals surface area (Å²) in [5.74, 6) is 0.935. The van der Waals surface area contributed by atoms with Gasteiger partial charge in [-0.1, -0.05) is 41.9 Å². The normalized spacial score (nSPS) is 15.8. The van der Waals surface area contributed by atoms with Crippen LogP contribution < -0.4 is 21.3 Å². The number of hydrogen-bond donors (Lipinski definition) is 5. The number of carbonyl (C=O) groups is 1. The summed E-state index contributed by atoms with van der Waals surface area (Å²) in [4.78, 5) is 25.9. The number of halogens is 1. The van der Waals surface area contributed by atoms with E-state index >= 15 is 0 Å². The molecule has 2 heterocycles. The number of amides is 1. The number of rotatable bonds is 9. The van der Waals surface area contributed by atoms with Crippen LogP contribution >= 0.6 is 11.6 Å². The maximum atomic E-state index is 12.4. The fourth-order valence-electron chi connectivity index (χ4n) is 3.64. The van der Waals surface area contributed by atoms with Crippen LogP contribution in [0.5, 0.6) is 0 Å². The maximum absolute atomic E-state index is 12.4. The Morgan fingerprint density at radius 2 is 1.76 bits per heavy atom. The van der Waals surface area contributed by atoms with Crippen molar-refractivity contribution in [2.75, 3.05) is 29.1 Å². The maximum Gasteiger partial charge on any atom is 0.242 e. The molecule has 1 aliphatic heterocycles. The van der Waals surface area contributed by atoms with Gasteiger partial charge in [0.1, 0.15) is 6.04 Å². The molecule has 4 rings (SSSR count). The zero-order valence-corrected chi connectivity index (χ0v) is 19.5. The summed E-state index contributed by atoms with van der Waals surface area (Å²) in [6.07, 6.45) is 3.18. The lowest BCUT2D eigenvalue weighted by Crippen LogP contribution is -2.38. The van der Waals surface area contributed by atoms with Crippen molar-refractivity contribution in [2.45, 2.75) is 38.3 Å². The SMILES string of the molecule is O=C1NCCCCC1Nc1nc(NCc2ccccc2Cl)nc(Nc2ccc(CCO)cc2)n1. The highest BCUT2D eigenvalue weighted by Crippen LogP contribution is 2.20. The minimum Gasteiger partial charge on any atom is -0.396 e. The molecule has 5 N–H and O–H groups in total. The Balaban J connectivity index is 1.55. The average Bonchev–Trinajstić information content (AvgIpc) is 3.04. The third-order valence-corrected chi connectivity index (χ3v) is 5.85. The quantitative estimate of drug-likeness (QED) is 0.314. The molecule has 1 unspecified atom stereocenters. The number of benzene rings is 2. The van der Waals surface area contributed by atoms with Gasteiger partial charge in [0.15, 0.2) is 0 Å². The lowest BCUT2D eigenvalue weighted by Gasteiger charge is -2.17. The standard InChI is InChI=1S/C24H28ClN7O2/c25-19-6-2-1-5-17(19)15-27-22-30-23(28-18-10-8-16(9-11-18)12-14-33)32-24(31-22)29-20-7-3-4-13-26-21(20)34/h1-2,5-6,8-11,20,33H,3-4,7,12-15H2,(H,26,34)(H3,27,28,29,30,31,32). The van der Waals surface area contributed by atoms with Crippen LogP contribution in [0.4, 0.5) is 23.5 Å². The van der Waals surface area contributed by atoms with Gasteiger partial charge in [0.25, 0.3) is 0 Å². The van der Waals surface area contributed by atoms with Gasteiger partial charge in [0.05, 0.1) is 0 Å². The molecular formula is C24H28ClN7O2. The summed E-state index contributed by atoms with van der Waals surface area (Å²) in [5.41, 5.74) is 2.74. The van der Waals surface area contributed by atoms with Crippen LogP contribution in [0, 0.1) is 0 Å². The summed E-state index contributed by atoms with van der Waals surface area (Å²) >= 11 is 6.28. The Kier molecular flexibility index (Phi) is 8.11. The molecule has 0 aliphatic carbocycles. The van der Waals surface area contributed by atoms with Crippen molar-refractivity contribution in [1.82, 2.24) is 20.3 Å². The molecule has 34 heavy (non-hydrogen) atoms. The van der Waals surface area contributed by atoms with E-state index in [-0.39, 0.29) is 12.5 Å². The summed E-state index contributed by atoms with van der Waals surface area (Å²) in [6, 6.07) is 14.8. The topological polar surface area (TPSA) is 124 Å². The number of hydrogen-bond acceptors (Lipinski definition) is 8. The molecule has 0 bridgehead atoms. The van der Waals surface area contributed by atoms with Gasteiger partial charge < -0.3 is 26.4 Å². The van der Waals surface area contributed by atoms with Crippen LogP contribution in [-0.4, -0.2) is 45.2 Å². The van der Waals surface area contributed by atoms with E-state index in [2.05, 4.69) is 36.2 Å². The second kappa shape index (κ2) is 11.6. The smallest absolute Gasteiger partial charge is 0.242 e. The van der Waals surface area contributed by atoms with E-state index in [1.165, 1.54) is 0 Å². The molecule has 1 amide bonds. The first kappa shape index (κ1) is 23.7. The third kappa shape index (κ3) is 6.55. The molecule has 1 atom stereocenters. The van der Waals surface area contributed by atoms with E-state index < -0.39 is 6.04 Å². The van der Waals surface area contributed by atoms with Crippen molar-refractivity contribution >= 4 is 41.0 Å². The Bertz CT molecular complexity index is 1110. The molecule has 1 aromatic heterocycles. The first-order chi connectivity index (χ1) is 16.6. The van der Waals surface area contributed by atoms with E-state index in [1.54, 1.807) is 0 Å². The summed E-state index contributed by atoms with van der Waals surface area (Å²) in [6.45, 7) is 1.21. The molecule has 0 radical (unpaired) electrons. The number of nitrogens with zero attached hydrogens (tertiary/aromatic N) is 3. The van der Waals surface area contributed by atoms with Crippen molar-refractivity contribution < 1.29 is 9.90 Å². The number of aliphatic hydroxyl groups is 1. The Hall–Kier alpha value is -3.43. The number of aliphatic hydroxyl groups excluding tert-OH is 1. The average molecular weight is 482 g/mol. The van der Waals surface area contributed by atoms with Gasteiger partial charge >= 0.3 is 0 Å².